The van der Waals surface area contributed by atoms with Crippen LogP contribution in [0, 0.1) is 0 Å². The van der Waals surface area contributed by atoms with Crippen LogP contribution in [0.15, 0.2) is 63.4 Å². The smallest absolute Gasteiger partial charge is 0.270 e. The molecule has 1 fully saturated rings. The molecule has 1 aliphatic carbocycles. The van der Waals surface area contributed by atoms with Crippen molar-refractivity contribution in [1.82, 2.24) is 14.7 Å². The Morgan fingerprint density at radius 2 is 2.00 bits per heavy atom. The zero-order valence-electron chi connectivity index (χ0n) is 18.5. The van der Waals surface area contributed by atoms with Gasteiger partial charge in [-0.15, -0.1) is 9.24 Å². The number of aliphatic hydroxyl groups excluding tert-OH is 1. The number of amidine groups is 1. The fraction of sp³-hybridized carbons (Fsp3) is 0.478. The fourth-order valence-electron chi connectivity index (χ4n) is 3.88. The van der Waals surface area contributed by atoms with Crippen LogP contribution in [0.5, 0.6) is 0 Å². The number of aliphatic hydroxyl groups is 1. The Morgan fingerprint density at radius 3 is 2.68 bits per heavy atom. The molecular formula is C23H34N5O2P. The number of rotatable bonds is 6. The van der Waals surface area contributed by atoms with Crippen LogP contribution >= 0.6 is 9.24 Å². The highest BCUT2D eigenvalue weighted by molar-refractivity contribution is 7.22. The highest BCUT2D eigenvalue weighted by Crippen LogP contribution is 2.28. The largest absolute Gasteiger partial charge is 0.511 e. The van der Waals surface area contributed by atoms with Gasteiger partial charge >= 0.3 is 0 Å². The number of carbonyl (C=O) groups is 1. The zero-order chi connectivity index (χ0) is 22.4. The lowest BCUT2D eigenvalue weighted by Crippen LogP contribution is -2.49. The number of nitrogens with zero attached hydrogens (tertiary/aromatic N) is 4. The minimum absolute atomic E-state index is 0.0285. The number of amides is 1. The topological polar surface area (TPSA) is 85.4 Å². The molecule has 0 aromatic heterocycles. The van der Waals surface area contributed by atoms with Crippen LogP contribution in [0.3, 0.4) is 0 Å². The molecule has 1 unspecified atom stereocenters. The van der Waals surface area contributed by atoms with Crippen molar-refractivity contribution in [2.24, 2.45) is 10.7 Å². The van der Waals surface area contributed by atoms with Crippen LogP contribution in [0.25, 0.3) is 0 Å². The molecule has 0 aromatic rings. The van der Waals surface area contributed by atoms with E-state index >= 15 is 0 Å². The van der Waals surface area contributed by atoms with E-state index in [0.29, 0.717) is 43.8 Å². The number of piperazine rings is 1. The molecule has 0 saturated carbocycles. The van der Waals surface area contributed by atoms with Crippen molar-refractivity contribution < 1.29 is 9.90 Å². The second-order valence-electron chi connectivity index (χ2n) is 7.96. The Bertz CT molecular complexity index is 876. The molecule has 7 nitrogen and oxygen atoms in total. The predicted octanol–water partition coefficient (Wildman–Crippen LogP) is 2.53. The quantitative estimate of drug-likeness (QED) is 0.617. The molecule has 0 spiro atoms. The molecule has 2 heterocycles. The second-order valence-corrected chi connectivity index (χ2v) is 8.63. The lowest BCUT2D eigenvalue weighted by Gasteiger charge is -2.36. The first-order valence-electron chi connectivity index (χ1n) is 10.9. The van der Waals surface area contributed by atoms with Gasteiger partial charge in [0.15, 0.2) is 0 Å². The SMILES string of the molecule is CCC1=NCC=C(C(=O)N2CCN(C)CC2)N1/C=C(\CCN)C1=C(O)CC=C(P)C=C1. The maximum absolute atomic E-state index is 13.4. The Hall–Kier alpha value is -2.21. The van der Waals surface area contributed by atoms with E-state index in [-0.39, 0.29) is 5.91 Å². The van der Waals surface area contributed by atoms with Crippen molar-refractivity contribution in [2.45, 2.75) is 26.2 Å². The maximum Gasteiger partial charge on any atom is 0.270 e. The van der Waals surface area contributed by atoms with E-state index in [1.54, 1.807) is 0 Å². The summed E-state index contributed by atoms with van der Waals surface area (Å²) in [5, 5.41) is 11.7. The van der Waals surface area contributed by atoms with Crippen molar-refractivity contribution in [3.63, 3.8) is 0 Å². The summed E-state index contributed by atoms with van der Waals surface area (Å²) >= 11 is 0. The second kappa shape index (κ2) is 10.9. The summed E-state index contributed by atoms with van der Waals surface area (Å²) in [7, 11) is 4.74. The monoisotopic (exact) mass is 443 g/mol. The number of allylic oxidation sites excluding steroid dienone is 5. The van der Waals surface area contributed by atoms with Crippen molar-refractivity contribution in [2.75, 3.05) is 46.3 Å². The predicted molar refractivity (Wildman–Crippen MR) is 130 cm³/mol. The lowest BCUT2D eigenvalue weighted by molar-refractivity contribution is -0.129. The van der Waals surface area contributed by atoms with Gasteiger partial charge in [0.2, 0.25) is 0 Å². The van der Waals surface area contributed by atoms with E-state index in [2.05, 4.69) is 26.2 Å². The van der Waals surface area contributed by atoms with E-state index in [9.17, 15) is 9.90 Å². The number of aliphatic imine (C=N–C) groups is 1. The molecule has 0 bridgehead atoms. The molecule has 3 aliphatic rings. The molecular weight excluding hydrogens is 409 g/mol. The van der Waals surface area contributed by atoms with Gasteiger partial charge in [-0.2, -0.15) is 0 Å². The Kier molecular flexibility index (Phi) is 8.24. The van der Waals surface area contributed by atoms with Crippen LogP contribution in [-0.2, 0) is 4.79 Å². The zero-order valence-corrected chi connectivity index (χ0v) is 19.7. The third-order valence-corrected chi connectivity index (χ3v) is 6.18. The van der Waals surface area contributed by atoms with E-state index in [0.717, 1.165) is 48.5 Å². The lowest BCUT2D eigenvalue weighted by atomic mass is 10.0. The third-order valence-electron chi connectivity index (χ3n) is 5.75. The molecule has 31 heavy (non-hydrogen) atoms. The summed E-state index contributed by atoms with van der Waals surface area (Å²) in [6, 6.07) is 0. The standard InChI is InChI=1S/C23H34N5O2P/c1-3-22-25-11-9-20(23(30)27-14-12-26(2)13-15-27)28(22)16-17(8-10-24)19-6-4-18(31)5-7-21(19)29/h4-6,9,16,29H,3,7-8,10-15,24,31H2,1-2H3/b17-16+. The van der Waals surface area contributed by atoms with Crippen LogP contribution in [-0.4, -0.2) is 77.9 Å². The molecule has 1 amide bonds. The van der Waals surface area contributed by atoms with Gasteiger partial charge in [0.1, 0.15) is 17.3 Å². The number of hydrogen-bond donors (Lipinski definition) is 2. The normalized spacial score (nSPS) is 21.0. The maximum atomic E-state index is 13.4. The molecule has 168 valence electrons. The fourth-order valence-corrected chi connectivity index (χ4v) is 4.09. The molecule has 3 rings (SSSR count). The van der Waals surface area contributed by atoms with Gasteiger partial charge in [-0.25, -0.2) is 0 Å². The van der Waals surface area contributed by atoms with Gasteiger partial charge in [-0.3, -0.25) is 9.79 Å². The minimum Gasteiger partial charge on any atom is -0.511 e. The van der Waals surface area contributed by atoms with Gasteiger partial charge in [0, 0.05) is 50.8 Å². The average Bonchev–Trinajstić information content (AvgIpc) is 2.94. The van der Waals surface area contributed by atoms with Crippen molar-refractivity contribution in [3.8, 4) is 0 Å². The van der Waals surface area contributed by atoms with Gasteiger partial charge in [0.05, 0.1) is 6.54 Å². The molecule has 0 aromatic carbocycles. The summed E-state index contributed by atoms with van der Waals surface area (Å²) in [6.45, 7) is 6.16. The number of carbonyl (C=O) groups excluding carboxylic acids is 1. The summed E-state index contributed by atoms with van der Waals surface area (Å²) < 4.78 is 0. The van der Waals surface area contributed by atoms with Crippen molar-refractivity contribution >= 4 is 21.0 Å². The first-order chi connectivity index (χ1) is 14.9. The summed E-state index contributed by atoms with van der Waals surface area (Å²) in [5.41, 5.74) is 8.20. The third kappa shape index (κ3) is 5.73. The van der Waals surface area contributed by atoms with Crippen LogP contribution in [0.2, 0.25) is 0 Å². The number of hydrogen-bond acceptors (Lipinski definition) is 6. The molecule has 3 N–H and O–H groups in total. The van der Waals surface area contributed by atoms with Crippen LogP contribution in [0.1, 0.15) is 26.2 Å². The summed E-state index contributed by atoms with van der Waals surface area (Å²) in [4.78, 5) is 24.1. The molecule has 1 saturated heterocycles. The van der Waals surface area contributed by atoms with Gasteiger partial charge in [-0.1, -0.05) is 25.2 Å². The first-order valence-corrected chi connectivity index (χ1v) is 11.5. The average molecular weight is 444 g/mol. The molecule has 8 heteroatoms. The number of nitrogens with two attached hydrogens (primary N) is 1. The van der Waals surface area contributed by atoms with Crippen LogP contribution < -0.4 is 5.73 Å². The Balaban J connectivity index is 1.96. The molecule has 2 aliphatic heterocycles. The van der Waals surface area contributed by atoms with Crippen molar-refractivity contribution in [1.29, 1.82) is 0 Å². The highest BCUT2D eigenvalue weighted by Gasteiger charge is 2.28. The van der Waals surface area contributed by atoms with E-state index in [4.69, 9.17) is 5.73 Å². The minimum atomic E-state index is 0.0285. The van der Waals surface area contributed by atoms with E-state index < -0.39 is 0 Å². The summed E-state index contributed by atoms with van der Waals surface area (Å²) in [6.07, 6.45) is 11.4. The van der Waals surface area contributed by atoms with Gasteiger partial charge in [-0.05, 0) is 37.0 Å². The van der Waals surface area contributed by atoms with Crippen LogP contribution in [0.4, 0.5) is 0 Å². The highest BCUT2D eigenvalue weighted by atomic mass is 31.0. The summed E-state index contributed by atoms with van der Waals surface area (Å²) in [5.74, 6) is 1.18. The molecule has 0 radical (unpaired) electrons. The van der Waals surface area contributed by atoms with Gasteiger partial charge in [0.25, 0.3) is 5.91 Å². The van der Waals surface area contributed by atoms with Gasteiger partial charge < -0.3 is 25.5 Å². The van der Waals surface area contributed by atoms with E-state index in [1.165, 1.54) is 0 Å². The van der Waals surface area contributed by atoms with Crippen molar-refractivity contribution in [3.05, 3.63) is 58.4 Å². The Morgan fingerprint density at radius 1 is 1.26 bits per heavy atom. The Labute approximate surface area is 187 Å². The molecule has 1 atom stereocenters. The van der Waals surface area contributed by atoms with E-state index in [1.807, 2.05) is 47.2 Å². The number of likely N-dealkylation sites (N-methyl/N-ethyl adjacent to an activating group) is 1. The first kappa shape index (κ1) is 23.5.